The highest BCUT2D eigenvalue weighted by Crippen LogP contribution is 2.27. The molecule has 0 aliphatic carbocycles. The summed E-state index contributed by atoms with van der Waals surface area (Å²) in [6, 6.07) is 6.60. The van der Waals surface area contributed by atoms with Crippen LogP contribution in [0.3, 0.4) is 0 Å². The van der Waals surface area contributed by atoms with Gasteiger partial charge in [-0.05, 0) is 12.1 Å². The summed E-state index contributed by atoms with van der Waals surface area (Å²) in [4.78, 5) is 10.8. The van der Waals surface area contributed by atoms with Crippen LogP contribution in [0.1, 0.15) is 10.4 Å². The molecule has 1 N–H and O–H groups in total. The predicted molar refractivity (Wildman–Crippen MR) is 60.6 cm³/mol. The predicted octanol–water partition coefficient (Wildman–Crippen LogP) is 2.44. The zero-order valence-corrected chi connectivity index (χ0v) is 9.27. The fraction of sp³-hybridized carbons (Fsp3) is 0.0909. The number of rotatable bonds is 2. The normalized spacial score (nSPS) is 10.4. The quantitative estimate of drug-likeness (QED) is 0.871. The summed E-state index contributed by atoms with van der Waals surface area (Å²) >= 11 is 5.98. The molecule has 0 aliphatic heterocycles. The van der Waals surface area contributed by atoms with Crippen molar-refractivity contribution < 1.29 is 9.90 Å². The number of hydrogen-bond acceptors (Lipinski definition) is 2. The lowest BCUT2D eigenvalue weighted by Gasteiger charge is -2.04. The van der Waals surface area contributed by atoms with Crippen molar-refractivity contribution in [2.24, 2.45) is 7.05 Å². The van der Waals surface area contributed by atoms with Crippen molar-refractivity contribution in [3.63, 3.8) is 0 Å². The second-order valence-electron chi connectivity index (χ2n) is 3.35. The monoisotopic (exact) mass is 236 g/mol. The van der Waals surface area contributed by atoms with Crippen LogP contribution in [0.15, 0.2) is 30.5 Å². The molecule has 0 saturated heterocycles. The minimum absolute atomic E-state index is 0.231. The maximum atomic E-state index is 10.8. The molecule has 0 bridgehead atoms. The number of halogens is 1. The van der Waals surface area contributed by atoms with Crippen molar-refractivity contribution in [2.75, 3.05) is 0 Å². The largest absolute Gasteiger partial charge is 0.478 e. The van der Waals surface area contributed by atoms with Crippen molar-refractivity contribution >= 4 is 17.6 Å². The van der Waals surface area contributed by atoms with E-state index in [1.165, 1.54) is 12.3 Å². The van der Waals surface area contributed by atoms with Gasteiger partial charge in [0.15, 0.2) is 0 Å². The molecule has 0 spiro atoms. The molecule has 0 fully saturated rings. The van der Waals surface area contributed by atoms with Crippen LogP contribution in [0.25, 0.3) is 11.3 Å². The second kappa shape index (κ2) is 3.98. The van der Waals surface area contributed by atoms with Crippen LogP contribution >= 0.6 is 11.6 Å². The molecule has 16 heavy (non-hydrogen) atoms. The van der Waals surface area contributed by atoms with Gasteiger partial charge in [0.25, 0.3) is 0 Å². The van der Waals surface area contributed by atoms with E-state index in [-0.39, 0.29) is 5.56 Å². The number of carboxylic acids is 1. The first-order valence-electron chi connectivity index (χ1n) is 4.61. The summed E-state index contributed by atoms with van der Waals surface area (Å²) in [5.41, 5.74) is 1.68. The average molecular weight is 237 g/mol. The number of aryl methyl sites for hydroxylation is 1. The average Bonchev–Trinajstić information content (AvgIpc) is 2.59. The maximum absolute atomic E-state index is 10.8. The summed E-state index contributed by atoms with van der Waals surface area (Å²) in [6.45, 7) is 0. The van der Waals surface area contributed by atoms with Gasteiger partial charge in [0, 0.05) is 12.6 Å². The third-order valence-corrected chi connectivity index (χ3v) is 2.55. The summed E-state index contributed by atoms with van der Waals surface area (Å²) in [5, 5.41) is 13.4. The van der Waals surface area contributed by atoms with Crippen molar-refractivity contribution in [2.45, 2.75) is 0 Å². The smallest absolute Gasteiger partial charge is 0.335 e. The van der Waals surface area contributed by atoms with Gasteiger partial charge in [0.05, 0.1) is 22.5 Å². The zero-order chi connectivity index (χ0) is 11.7. The van der Waals surface area contributed by atoms with Gasteiger partial charge in [0.2, 0.25) is 0 Å². The minimum atomic E-state index is -0.958. The van der Waals surface area contributed by atoms with Crippen molar-refractivity contribution in [1.29, 1.82) is 0 Å². The first-order chi connectivity index (χ1) is 7.59. The standard InChI is InChI=1S/C11H9ClN2O2/c1-14-10(9(12)6-13-14)7-3-2-4-8(5-7)11(15)16/h2-6H,1H3,(H,15,16). The molecule has 5 heteroatoms. The molecular formula is C11H9ClN2O2. The highest BCUT2D eigenvalue weighted by atomic mass is 35.5. The highest BCUT2D eigenvalue weighted by Gasteiger charge is 2.11. The molecule has 0 unspecified atom stereocenters. The van der Waals surface area contributed by atoms with Crippen LogP contribution in [-0.2, 0) is 7.05 Å². The Morgan fingerprint density at radius 3 is 2.81 bits per heavy atom. The molecule has 2 rings (SSSR count). The molecule has 1 heterocycles. The highest BCUT2D eigenvalue weighted by molar-refractivity contribution is 6.33. The van der Waals surface area contributed by atoms with E-state index in [4.69, 9.17) is 16.7 Å². The third-order valence-electron chi connectivity index (χ3n) is 2.28. The van der Waals surface area contributed by atoms with Crippen molar-refractivity contribution in [1.82, 2.24) is 9.78 Å². The van der Waals surface area contributed by atoms with Gasteiger partial charge in [-0.3, -0.25) is 4.68 Å². The first kappa shape index (κ1) is 10.7. The Morgan fingerprint density at radius 2 is 2.25 bits per heavy atom. The molecule has 0 aliphatic rings. The minimum Gasteiger partial charge on any atom is -0.478 e. The Morgan fingerprint density at radius 1 is 1.50 bits per heavy atom. The molecular weight excluding hydrogens is 228 g/mol. The Labute approximate surface area is 97.1 Å². The summed E-state index contributed by atoms with van der Waals surface area (Å²) in [5.74, 6) is -0.958. The topological polar surface area (TPSA) is 55.1 Å². The number of hydrogen-bond donors (Lipinski definition) is 1. The molecule has 0 atom stereocenters. The van der Waals surface area contributed by atoms with Gasteiger partial charge in [-0.15, -0.1) is 0 Å². The van der Waals surface area contributed by atoms with E-state index in [0.717, 1.165) is 5.56 Å². The van der Waals surface area contributed by atoms with Gasteiger partial charge in [-0.25, -0.2) is 4.79 Å². The van der Waals surface area contributed by atoms with Gasteiger partial charge in [0.1, 0.15) is 0 Å². The fourth-order valence-corrected chi connectivity index (χ4v) is 1.81. The van der Waals surface area contributed by atoms with Gasteiger partial charge in [-0.1, -0.05) is 23.7 Å². The fourth-order valence-electron chi connectivity index (χ4n) is 1.53. The van der Waals surface area contributed by atoms with E-state index in [2.05, 4.69) is 5.10 Å². The van der Waals surface area contributed by atoms with E-state index >= 15 is 0 Å². The molecule has 0 radical (unpaired) electrons. The van der Waals surface area contributed by atoms with Gasteiger partial charge in [-0.2, -0.15) is 5.10 Å². The van der Waals surface area contributed by atoms with Crippen LogP contribution < -0.4 is 0 Å². The number of aromatic carboxylic acids is 1. The Hall–Kier alpha value is -1.81. The lowest BCUT2D eigenvalue weighted by Crippen LogP contribution is -1.98. The van der Waals surface area contributed by atoms with E-state index in [1.807, 2.05) is 0 Å². The summed E-state index contributed by atoms with van der Waals surface area (Å²) in [6.07, 6.45) is 1.53. The summed E-state index contributed by atoms with van der Waals surface area (Å²) in [7, 11) is 1.76. The van der Waals surface area contributed by atoms with E-state index in [1.54, 1.807) is 29.9 Å². The van der Waals surface area contributed by atoms with Crippen molar-refractivity contribution in [3.8, 4) is 11.3 Å². The molecule has 82 valence electrons. The van der Waals surface area contributed by atoms with Crippen LogP contribution in [0.5, 0.6) is 0 Å². The Bertz CT molecular complexity index is 529. The molecule has 1 aromatic heterocycles. The Kier molecular flexibility index (Phi) is 2.66. The van der Waals surface area contributed by atoms with Crippen LogP contribution in [0.2, 0.25) is 5.02 Å². The summed E-state index contributed by atoms with van der Waals surface area (Å²) < 4.78 is 1.61. The maximum Gasteiger partial charge on any atom is 0.335 e. The van der Waals surface area contributed by atoms with Crippen LogP contribution in [0, 0.1) is 0 Å². The van der Waals surface area contributed by atoms with Gasteiger partial charge >= 0.3 is 5.97 Å². The molecule has 0 saturated carbocycles. The van der Waals surface area contributed by atoms with Crippen molar-refractivity contribution in [3.05, 3.63) is 41.0 Å². The lowest BCUT2D eigenvalue weighted by molar-refractivity contribution is 0.0697. The van der Waals surface area contributed by atoms with E-state index < -0.39 is 5.97 Å². The number of carboxylic acid groups (broad SMARTS) is 1. The van der Waals surface area contributed by atoms with Gasteiger partial charge < -0.3 is 5.11 Å². The lowest BCUT2D eigenvalue weighted by atomic mass is 10.1. The molecule has 0 amide bonds. The number of nitrogens with zero attached hydrogens (tertiary/aromatic N) is 2. The number of benzene rings is 1. The number of aromatic nitrogens is 2. The molecule has 1 aromatic carbocycles. The first-order valence-corrected chi connectivity index (χ1v) is 4.98. The second-order valence-corrected chi connectivity index (χ2v) is 3.76. The molecule has 4 nitrogen and oxygen atoms in total. The third kappa shape index (κ3) is 1.79. The zero-order valence-electron chi connectivity index (χ0n) is 8.51. The van der Waals surface area contributed by atoms with E-state index in [9.17, 15) is 4.79 Å². The van der Waals surface area contributed by atoms with E-state index in [0.29, 0.717) is 10.7 Å². The number of carbonyl (C=O) groups is 1. The SMILES string of the molecule is Cn1ncc(Cl)c1-c1cccc(C(=O)O)c1. The van der Waals surface area contributed by atoms with Crippen LogP contribution in [-0.4, -0.2) is 20.9 Å². The Balaban J connectivity index is 2.57. The molecule has 2 aromatic rings. The van der Waals surface area contributed by atoms with Crippen LogP contribution in [0.4, 0.5) is 0 Å².